The number of aromatic amines is 1. The second-order valence-electron chi connectivity index (χ2n) is 7.23. The number of nitrogens with zero attached hydrogens (tertiary/aromatic N) is 4. The van der Waals surface area contributed by atoms with E-state index in [2.05, 4.69) is 33.1 Å². The minimum atomic E-state index is 0.623. The van der Waals surface area contributed by atoms with Crippen LogP contribution in [0.2, 0.25) is 0 Å². The summed E-state index contributed by atoms with van der Waals surface area (Å²) in [5, 5.41) is 9.55. The number of aryl methyl sites for hydroxylation is 1. The molecule has 1 aromatic carbocycles. The van der Waals surface area contributed by atoms with Gasteiger partial charge in [-0.3, -0.25) is 10.00 Å². The molecule has 0 spiro atoms. The van der Waals surface area contributed by atoms with Gasteiger partial charge >= 0.3 is 0 Å². The van der Waals surface area contributed by atoms with Gasteiger partial charge in [-0.15, -0.1) is 11.3 Å². The van der Waals surface area contributed by atoms with Gasteiger partial charge < -0.3 is 9.47 Å². The monoisotopic (exact) mass is 421 g/mol. The Balaban J connectivity index is 1.29. The Morgan fingerprint density at radius 1 is 1.13 bits per heavy atom. The summed E-state index contributed by atoms with van der Waals surface area (Å²) in [7, 11) is 0. The average Bonchev–Trinajstić information content (AvgIpc) is 3.38. The maximum absolute atomic E-state index is 5.82. The Bertz CT molecular complexity index is 1130. The lowest BCUT2D eigenvalue weighted by Gasteiger charge is -2.26. The highest BCUT2D eigenvalue weighted by atomic mass is 32.1. The van der Waals surface area contributed by atoms with Gasteiger partial charge in [0, 0.05) is 47.7 Å². The number of para-hydroxylation sites is 1. The Morgan fingerprint density at radius 3 is 2.83 bits per heavy atom. The Labute approximate surface area is 178 Å². The summed E-state index contributed by atoms with van der Waals surface area (Å²) in [6, 6.07) is 12.0. The summed E-state index contributed by atoms with van der Waals surface area (Å²) in [6.45, 7) is 7.13. The van der Waals surface area contributed by atoms with Crippen LogP contribution in [0.3, 0.4) is 0 Å². The van der Waals surface area contributed by atoms with Crippen LogP contribution in [-0.4, -0.2) is 64.5 Å². The van der Waals surface area contributed by atoms with Crippen LogP contribution in [0.4, 0.5) is 0 Å². The molecule has 8 heteroatoms. The van der Waals surface area contributed by atoms with E-state index in [0.29, 0.717) is 12.5 Å². The van der Waals surface area contributed by atoms with Crippen LogP contribution in [0.1, 0.15) is 4.88 Å². The van der Waals surface area contributed by atoms with E-state index in [9.17, 15) is 0 Å². The number of fused-ring (bicyclic) bond motifs is 1. The van der Waals surface area contributed by atoms with Gasteiger partial charge in [0.25, 0.3) is 0 Å². The molecular formula is C22H23N5O2S. The van der Waals surface area contributed by atoms with E-state index >= 15 is 0 Å². The number of pyridine rings is 1. The van der Waals surface area contributed by atoms with E-state index in [1.807, 2.05) is 36.5 Å². The summed E-state index contributed by atoms with van der Waals surface area (Å²) in [5.41, 5.74) is 3.83. The van der Waals surface area contributed by atoms with Gasteiger partial charge in [-0.05, 0) is 19.1 Å². The number of hydrogen-bond acceptors (Lipinski definition) is 7. The number of nitrogens with one attached hydrogen (secondary N) is 1. The van der Waals surface area contributed by atoms with Crippen molar-refractivity contribution in [2.75, 3.05) is 39.5 Å². The van der Waals surface area contributed by atoms with Crippen molar-refractivity contribution in [3.8, 4) is 27.8 Å². The highest BCUT2D eigenvalue weighted by Gasteiger charge is 2.16. The quantitative estimate of drug-likeness (QED) is 0.511. The number of thiazole rings is 1. The van der Waals surface area contributed by atoms with E-state index < -0.39 is 0 Å². The lowest BCUT2D eigenvalue weighted by Crippen LogP contribution is -2.38. The van der Waals surface area contributed by atoms with Crippen LogP contribution in [0.25, 0.3) is 32.9 Å². The van der Waals surface area contributed by atoms with Crippen LogP contribution < -0.4 is 4.74 Å². The third-order valence-corrected chi connectivity index (χ3v) is 6.22. The van der Waals surface area contributed by atoms with Crippen LogP contribution in [0, 0.1) is 6.92 Å². The zero-order chi connectivity index (χ0) is 20.3. The Hall–Kier alpha value is -2.81. The van der Waals surface area contributed by atoms with Crippen molar-refractivity contribution in [2.45, 2.75) is 6.92 Å². The van der Waals surface area contributed by atoms with Crippen LogP contribution in [-0.2, 0) is 4.74 Å². The lowest BCUT2D eigenvalue weighted by atomic mass is 10.2. The van der Waals surface area contributed by atoms with Crippen molar-refractivity contribution in [3.05, 3.63) is 47.5 Å². The minimum absolute atomic E-state index is 0.623. The van der Waals surface area contributed by atoms with E-state index in [4.69, 9.17) is 14.5 Å². The van der Waals surface area contributed by atoms with E-state index in [-0.39, 0.29) is 0 Å². The van der Waals surface area contributed by atoms with Crippen molar-refractivity contribution in [1.29, 1.82) is 0 Å². The van der Waals surface area contributed by atoms with Gasteiger partial charge in [0.15, 0.2) is 0 Å². The molecule has 0 saturated carbocycles. The molecule has 154 valence electrons. The van der Waals surface area contributed by atoms with E-state index in [1.165, 1.54) is 0 Å². The molecule has 5 rings (SSSR count). The molecule has 1 aliphatic heterocycles. The topological polar surface area (TPSA) is 76.2 Å². The molecule has 7 nitrogen and oxygen atoms in total. The van der Waals surface area contributed by atoms with Gasteiger partial charge in [-0.25, -0.2) is 9.97 Å². The first-order chi connectivity index (χ1) is 14.8. The summed E-state index contributed by atoms with van der Waals surface area (Å²) >= 11 is 1.65. The molecule has 0 amide bonds. The smallest absolute Gasteiger partial charge is 0.213 e. The molecule has 0 unspecified atom stereocenters. The molecular weight excluding hydrogens is 398 g/mol. The summed E-state index contributed by atoms with van der Waals surface area (Å²) < 4.78 is 11.2. The predicted molar refractivity (Wildman–Crippen MR) is 118 cm³/mol. The fraction of sp³-hybridized carbons (Fsp3) is 0.318. The van der Waals surface area contributed by atoms with Gasteiger partial charge in [0.2, 0.25) is 5.88 Å². The van der Waals surface area contributed by atoms with Crippen molar-refractivity contribution in [1.82, 2.24) is 25.1 Å². The van der Waals surface area contributed by atoms with Crippen molar-refractivity contribution in [2.24, 2.45) is 0 Å². The number of aromatic nitrogens is 4. The first-order valence-electron chi connectivity index (χ1n) is 10.1. The average molecular weight is 422 g/mol. The van der Waals surface area contributed by atoms with Gasteiger partial charge in [-0.1, -0.05) is 18.2 Å². The Morgan fingerprint density at radius 2 is 2.00 bits per heavy atom. The predicted octanol–water partition coefficient (Wildman–Crippen LogP) is 3.77. The van der Waals surface area contributed by atoms with Crippen LogP contribution in [0.15, 0.2) is 42.6 Å². The second-order valence-corrected chi connectivity index (χ2v) is 8.43. The number of hydrogen-bond donors (Lipinski definition) is 1. The molecule has 1 fully saturated rings. The molecule has 1 aliphatic rings. The summed E-state index contributed by atoms with van der Waals surface area (Å²) in [5.74, 6) is 0.637. The van der Waals surface area contributed by atoms with Crippen molar-refractivity contribution < 1.29 is 9.47 Å². The zero-order valence-corrected chi connectivity index (χ0v) is 17.6. The van der Waals surface area contributed by atoms with E-state index in [1.54, 1.807) is 11.3 Å². The molecule has 0 radical (unpaired) electrons. The highest BCUT2D eigenvalue weighted by molar-refractivity contribution is 7.15. The minimum Gasteiger partial charge on any atom is -0.476 e. The molecule has 0 aliphatic carbocycles. The molecule has 30 heavy (non-hydrogen) atoms. The van der Waals surface area contributed by atoms with E-state index in [0.717, 1.165) is 70.6 Å². The number of ether oxygens (including phenoxy) is 2. The summed E-state index contributed by atoms with van der Waals surface area (Å²) in [6.07, 6.45) is 1.83. The highest BCUT2D eigenvalue weighted by Crippen LogP contribution is 2.35. The molecule has 0 atom stereocenters. The number of morpholine rings is 1. The second kappa shape index (κ2) is 8.51. The van der Waals surface area contributed by atoms with Crippen LogP contribution in [0.5, 0.6) is 5.88 Å². The van der Waals surface area contributed by atoms with Gasteiger partial charge in [0.05, 0.1) is 24.4 Å². The fourth-order valence-corrected chi connectivity index (χ4v) is 4.54. The lowest BCUT2D eigenvalue weighted by molar-refractivity contribution is 0.0320. The molecule has 4 aromatic rings. The molecule has 3 aromatic heterocycles. The van der Waals surface area contributed by atoms with Gasteiger partial charge in [-0.2, -0.15) is 5.10 Å². The van der Waals surface area contributed by atoms with Gasteiger partial charge in [0.1, 0.15) is 17.3 Å². The first-order valence-corrected chi connectivity index (χ1v) is 10.9. The molecule has 0 bridgehead atoms. The standard InChI is InChI=1S/C22H23N5O2S/c1-15-20(24-22(30-15)21-17-4-2-3-5-18(17)25-26-21)16-6-7-19(23-14-16)29-13-10-27-8-11-28-12-9-27/h2-7,14H,8-13H2,1H3,(H,25,26). The number of rotatable bonds is 6. The molecule has 4 heterocycles. The van der Waals surface area contributed by atoms with Crippen molar-refractivity contribution in [3.63, 3.8) is 0 Å². The third-order valence-electron chi connectivity index (χ3n) is 5.24. The normalized spacial score (nSPS) is 15.0. The maximum atomic E-state index is 5.82. The maximum Gasteiger partial charge on any atom is 0.213 e. The first kappa shape index (κ1) is 19.2. The largest absolute Gasteiger partial charge is 0.476 e. The van der Waals surface area contributed by atoms with Crippen molar-refractivity contribution >= 4 is 22.2 Å². The zero-order valence-electron chi connectivity index (χ0n) is 16.8. The van der Waals surface area contributed by atoms with Crippen LogP contribution >= 0.6 is 11.3 Å². The number of H-pyrrole nitrogens is 1. The summed E-state index contributed by atoms with van der Waals surface area (Å²) in [4.78, 5) is 12.8. The molecule has 1 N–H and O–H groups in total. The fourth-order valence-electron chi connectivity index (χ4n) is 3.60. The SMILES string of the molecule is Cc1sc(-c2n[nH]c3ccccc23)nc1-c1ccc(OCCN2CCOCC2)nc1. The molecule has 1 saturated heterocycles. The number of benzene rings is 1. The Kier molecular flexibility index (Phi) is 5.44. The third kappa shape index (κ3) is 3.94.